The van der Waals surface area contributed by atoms with E-state index in [1.165, 1.54) is 56.5 Å². The Morgan fingerprint density at radius 3 is 2.24 bits per heavy atom. The Hall–Kier alpha value is -2.86. The first-order valence-electron chi connectivity index (χ1n) is 12.7. The minimum Gasteiger partial charge on any atom is -0.444 e. The molecule has 0 atom stereocenters. The molecule has 6 heteroatoms. The number of nitrogens with zero attached hydrogens (tertiary/aromatic N) is 2. The van der Waals surface area contributed by atoms with Gasteiger partial charge in [-0.05, 0) is 68.8 Å². The predicted molar refractivity (Wildman–Crippen MR) is 135 cm³/mol. The lowest BCUT2D eigenvalue weighted by Gasteiger charge is -2.36. The Labute approximate surface area is 203 Å². The van der Waals surface area contributed by atoms with Crippen molar-refractivity contribution in [2.45, 2.75) is 57.6 Å². The summed E-state index contributed by atoms with van der Waals surface area (Å²) in [7, 11) is 0. The van der Waals surface area contributed by atoms with Crippen molar-refractivity contribution in [3.8, 4) is 0 Å². The predicted octanol–water partition coefficient (Wildman–Crippen LogP) is 4.99. The van der Waals surface area contributed by atoms with E-state index in [0.717, 1.165) is 18.0 Å². The van der Waals surface area contributed by atoms with Crippen LogP contribution < -0.4 is 10.2 Å². The molecule has 2 amide bonds. The Balaban J connectivity index is 1.22. The van der Waals surface area contributed by atoms with Gasteiger partial charge in [0.25, 0.3) is 0 Å². The summed E-state index contributed by atoms with van der Waals surface area (Å²) in [6.07, 6.45) is 8.41. The quantitative estimate of drug-likeness (QED) is 0.569. The van der Waals surface area contributed by atoms with Crippen LogP contribution in [0.4, 0.5) is 10.5 Å². The monoisotopic (exact) mass is 463 g/mol. The molecule has 34 heavy (non-hydrogen) atoms. The van der Waals surface area contributed by atoms with Gasteiger partial charge in [-0.2, -0.15) is 0 Å². The molecule has 4 rings (SSSR count). The number of anilines is 1. The largest absolute Gasteiger partial charge is 0.444 e. The van der Waals surface area contributed by atoms with E-state index in [0.29, 0.717) is 18.2 Å². The number of carbonyl (C=O) groups is 2. The highest BCUT2D eigenvalue weighted by atomic mass is 16.6. The van der Waals surface area contributed by atoms with E-state index in [1.807, 2.05) is 60.7 Å². The topological polar surface area (TPSA) is 61.9 Å². The average molecular weight is 464 g/mol. The second kappa shape index (κ2) is 12.6. The fourth-order valence-corrected chi connectivity index (χ4v) is 5.16. The molecular formula is C28H37N3O3. The van der Waals surface area contributed by atoms with Crippen molar-refractivity contribution in [2.75, 3.05) is 31.1 Å². The standard InChI is InChI=1S/C28H37N3O3/c32-27(29-18-15-23-16-19-30(20-17-23)25-11-7-8-12-25)21-31(26-13-5-2-6-14-26)28(33)34-22-24-9-3-1-4-10-24/h1-6,9-10,13-14,23,25H,7-8,11-12,15-22H2,(H,29,32). The van der Waals surface area contributed by atoms with E-state index < -0.39 is 6.09 Å². The summed E-state index contributed by atoms with van der Waals surface area (Å²) in [5.74, 6) is 0.503. The van der Waals surface area contributed by atoms with Crippen LogP contribution in [0, 0.1) is 5.92 Å². The van der Waals surface area contributed by atoms with Gasteiger partial charge in [0.15, 0.2) is 0 Å². The molecule has 0 radical (unpaired) electrons. The zero-order valence-corrected chi connectivity index (χ0v) is 20.0. The van der Waals surface area contributed by atoms with Crippen LogP contribution in [0.5, 0.6) is 0 Å². The first kappa shape index (κ1) is 24.3. The fourth-order valence-electron chi connectivity index (χ4n) is 5.16. The van der Waals surface area contributed by atoms with E-state index in [1.54, 1.807) is 0 Å². The van der Waals surface area contributed by atoms with Gasteiger partial charge in [-0.15, -0.1) is 0 Å². The van der Waals surface area contributed by atoms with Crippen LogP contribution in [-0.4, -0.2) is 49.1 Å². The molecule has 1 saturated carbocycles. The number of amides is 2. The number of likely N-dealkylation sites (tertiary alicyclic amines) is 1. The zero-order chi connectivity index (χ0) is 23.6. The molecule has 2 aromatic rings. The van der Waals surface area contributed by atoms with Gasteiger partial charge in [0.05, 0.1) is 0 Å². The number of rotatable bonds is 9. The molecule has 1 aliphatic carbocycles. The third-order valence-electron chi connectivity index (χ3n) is 7.16. The molecule has 182 valence electrons. The van der Waals surface area contributed by atoms with Crippen molar-refractivity contribution in [1.82, 2.24) is 10.2 Å². The summed E-state index contributed by atoms with van der Waals surface area (Å²) in [5, 5.41) is 3.02. The fraction of sp³-hybridized carbons (Fsp3) is 0.500. The second-order valence-corrected chi connectivity index (χ2v) is 9.52. The molecule has 0 aromatic heterocycles. The maximum absolute atomic E-state index is 12.8. The minimum atomic E-state index is -0.524. The normalized spacial score (nSPS) is 17.4. The molecule has 0 bridgehead atoms. The lowest BCUT2D eigenvalue weighted by molar-refractivity contribution is -0.119. The lowest BCUT2D eigenvalue weighted by Crippen LogP contribution is -2.42. The van der Waals surface area contributed by atoms with Gasteiger partial charge in [-0.25, -0.2) is 4.79 Å². The maximum Gasteiger partial charge on any atom is 0.415 e. The number of ether oxygens (including phenoxy) is 1. The van der Waals surface area contributed by atoms with Crippen molar-refractivity contribution < 1.29 is 14.3 Å². The smallest absolute Gasteiger partial charge is 0.415 e. The maximum atomic E-state index is 12.8. The molecule has 0 spiro atoms. The van der Waals surface area contributed by atoms with Crippen LogP contribution in [0.25, 0.3) is 0 Å². The summed E-state index contributed by atoms with van der Waals surface area (Å²) in [6, 6.07) is 19.6. The van der Waals surface area contributed by atoms with Crippen molar-refractivity contribution in [3.63, 3.8) is 0 Å². The van der Waals surface area contributed by atoms with Gasteiger partial charge in [-0.3, -0.25) is 9.69 Å². The summed E-state index contributed by atoms with van der Waals surface area (Å²) in [5.41, 5.74) is 1.56. The minimum absolute atomic E-state index is 0.0578. The van der Waals surface area contributed by atoms with Crippen molar-refractivity contribution in [1.29, 1.82) is 0 Å². The number of hydrogen-bond acceptors (Lipinski definition) is 4. The van der Waals surface area contributed by atoms with Gasteiger partial charge in [0.1, 0.15) is 13.2 Å². The van der Waals surface area contributed by atoms with Crippen molar-refractivity contribution in [3.05, 3.63) is 66.2 Å². The van der Waals surface area contributed by atoms with Crippen molar-refractivity contribution >= 4 is 17.7 Å². The van der Waals surface area contributed by atoms with Crippen LogP contribution in [0.1, 0.15) is 50.5 Å². The van der Waals surface area contributed by atoms with Crippen LogP contribution in [0.2, 0.25) is 0 Å². The zero-order valence-electron chi connectivity index (χ0n) is 20.0. The van der Waals surface area contributed by atoms with E-state index in [-0.39, 0.29) is 19.1 Å². The SMILES string of the molecule is O=C(CN(C(=O)OCc1ccccc1)c1ccccc1)NCCC1CCN(C2CCCC2)CC1. The highest BCUT2D eigenvalue weighted by Gasteiger charge is 2.27. The van der Waals surface area contributed by atoms with E-state index >= 15 is 0 Å². The molecule has 1 N–H and O–H groups in total. The average Bonchev–Trinajstić information content (AvgIpc) is 3.43. The highest BCUT2D eigenvalue weighted by molar-refractivity contribution is 5.94. The number of piperidine rings is 1. The number of para-hydroxylation sites is 1. The third-order valence-corrected chi connectivity index (χ3v) is 7.16. The molecule has 0 unspecified atom stereocenters. The third kappa shape index (κ3) is 7.07. The van der Waals surface area contributed by atoms with E-state index in [4.69, 9.17) is 4.74 Å². The van der Waals surface area contributed by atoms with Gasteiger partial charge < -0.3 is 15.0 Å². The van der Waals surface area contributed by atoms with E-state index in [9.17, 15) is 9.59 Å². The van der Waals surface area contributed by atoms with Gasteiger partial charge >= 0.3 is 6.09 Å². The Morgan fingerprint density at radius 2 is 1.56 bits per heavy atom. The molecule has 2 fully saturated rings. The first-order chi connectivity index (χ1) is 16.7. The molecule has 2 aromatic carbocycles. The van der Waals surface area contributed by atoms with Gasteiger partial charge in [0.2, 0.25) is 5.91 Å². The number of hydrogen-bond donors (Lipinski definition) is 1. The summed E-state index contributed by atoms with van der Waals surface area (Å²) in [6.45, 7) is 3.15. The summed E-state index contributed by atoms with van der Waals surface area (Å²) >= 11 is 0. The Bertz CT molecular complexity index is 892. The molecule has 1 aliphatic heterocycles. The van der Waals surface area contributed by atoms with Crippen molar-refractivity contribution in [2.24, 2.45) is 5.92 Å². The van der Waals surface area contributed by atoms with Gasteiger partial charge in [0, 0.05) is 18.3 Å². The van der Waals surface area contributed by atoms with Crippen LogP contribution in [-0.2, 0) is 16.1 Å². The highest BCUT2D eigenvalue weighted by Crippen LogP contribution is 2.28. The summed E-state index contributed by atoms with van der Waals surface area (Å²) in [4.78, 5) is 29.6. The summed E-state index contributed by atoms with van der Waals surface area (Å²) < 4.78 is 5.50. The second-order valence-electron chi connectivity index (χ2n) is 9.52. The molecule has 1 heterocycles. The first-order valence-corrected chi connectivity index (χ1v) is 12.7. The number of benzene rings is 2. The number of carbonyl (C=O) groups excluding carboxylic acids is 2. The van der Waals surface area contributed by atoms with Crippen LogP contribution >= 0.6 is 0 Å². The Kier molecular flexibility index (Phi) is 8.97. The molecule has 6 nitrogen and oxygen atoms in total. The molecule has 1 saturated heterocycles. The van der Waals surface area contributed by atoms with E-state index in [2.05, 4.69) is 10.2 Å². The van der Waals surface area contributed by atoms with Crippen LogP contribution in [0.15, 0.2) is 60.7 Å². The van der Waals surface area contributed by atoms with Crippen LogP contribution in [0.3, 0.4) is 0 Å². The Morgan fingerprint density at radius 1 is 0.912 bits per heavy atom. The molecular weight excluding hydrogens is 426 g/mol. The number of nitrogens with one attached hydrogen (secondary N) is 1. The lowest BCUT2D eigenvalue weighted by atomic mass is 9.92. The van der Waals surface area contributed by atoms with Gasteiger partial charge in [-0.1, -0.05) is 61.4 Å². The molecule has 2 aliphatic rings.